The van der Waals surface area contributed by atoms with E-state index < -0.39 is 0 Å². The third-order valence-corrected chi connectivity index (χ3v) is 3.61. The average Bonchev–Trinajstić information content (AvgIpc) is 3.05. The maximum Gasteiger partial charge on any atom is 0.338 e. The third-order valence-electron chi connectivity index (χ3n) is 3.61. The number of amides is 2. The van der Waals surface area contributed by atoms with Crippen LogP contribution in [0.4, 0.5) is 10.5 Å². The molecule has 1 saturated carbocycles. The Hall–Kier alpha value is -1.55. The fourth-order valence-corrected chi connectivity index (χ4v) is 2.60. The summed E-state index contributed by atoms with van der Waals surface area (Å²) in [7, 11) is 0. The highest BCUT2D eigenvalue weighted by atomic mass is 16.2. The molecule has 0 bridgehead atoms. The number of carbonyl (C=O) groups is 1. The summed E-state index contributed by atoms with van der Waals surface area (Å²) >= 11 is 0. The van der Waals surface area contributed by atoms with E-state index in [4.69, 9.17) is 0 Å². The van der Waals surface area contributed by atoms with E-state index in [1.54, 1.807) is 5.01 Å². The lowest BCUT2D eigenvalue weighted by Gasteiger charge is -2.19. The zero-order valence-electron chi connectivity index (χ0n) is 9.78. The molecular weight excluding hydrogens is 214 g/mol. The van der Waals surface area contributed by atoms with Crippen molar-refractivity contribution in [3.8, 4) is 0 Å². The van der Waals surface area contributed by atoms with Crippen LogP contribution in [0.5, 0.6) is 0 Å². The molecule has 2 amide bonds. The van der Waals surface area contributed by atoms with Crippen molar-refractivity contribution in [3.63, 3.8) is 0 Å². The summed E-state index contributed by atoms with van der Waals surface area (Å²) in [6, 6.07) is 9.53. The van der Waals surface area contributed by atoms with Gasteiger partial charge in [-0.2, -0.15) is 0 Å². The fourth-order valence-electron chi connectivity index (χ4n) is 2.60. The summed E-state index contributed by atoms with van der Waals surface area (Å²) < 4.78 is 0. The molecule has 2 fully saturated rings. The van der Waals surface area contributed by atoms with Gasteiger partial charge in [0.1, 0.15) is 5.66 Å². The molecule has 1 aliphatic heterocycles. The van der Waals surface area contributed by atoms with Gasteiger partial charge >= 0.3 is 6.03 Å². The van der Waals surface area contributed by atoms with Gasteiger partial charge in [0.05, 0.1) is 0 Å². The first-order chi connectivity index (χ1) is 8.30. The number of benzene rings is 1. The molecule has 17 heavy (non-hydrogen) atoms. The zero-order valence-corrected chi connectivity index (χ0v) is 9.78. The van der Waals surface area contributed by atoms with Gasteiger partial charge in [-0.25, -0.2) is 15.2 Å². The lowest BCUT2D eigenvalue weighted by Crippen LogP contribution is -2.29. The van der Waals surface area contributed by atoms with Crippen LogP contribution < -0.4 is 10.7 Å². The average molecular weight is 231 g/mol. The summed E-state index contributed by atoms with van der Waals surface area (Å²) in [4.78, 5) is 12.0. The lowest BCUT2D eigenvalue weighted by molar-refractivity contribution is 0.227. The molecule has 4 heteroatoms. The number of urea groups is 1. The first-order valence-corrected chi connectivity index (χ1v) is 6.24. The van der Waals surface area contributed by atoms with Crippen LogP contribution in [-0.2, 0) is 0 Å². The molecule has 2 aliphatic rings. The van der Waals surface area contributed by atoms with Gasteiger partial charge in [0.15, 0.2) is 0 Å². The largest absolute Gasteiger partial charge is 0.338 e. The van der Waals surface area contributed by atoms with Crippen molar-refractivity contribution in [2.75, 3.05) is 5.32 Å². The molecule has 0 radical (unpaired) electrons. The van der Waals surface area contributed by atoms with Crippen LogP contribution in [0.3, 0.4) is 0 Å². The Morgan fingerprint density at radius 2 is 1.88 bits per heavy atom. The van der Waals surface area contributed by atoms with Gasteiger partial charge in [-0.05, 0) is 37.8 Å². The van der Waals surface area contributed by atoms with E-state index in [9.17, 15) is 4.79 Å². The number of hydrogen-bond donors (Lipinski definition) is 2. The molecule has 1 aromatic carbocycles. The Kier molecular flexibility index (Phi) is 2.52. The van der Waals surface area contributed by atoms with Crippen LogP contribution in [0.25, 0.3) is 0 Å². The topological polar surface area (TPSA) is 54.0 Å². The van der Waals surface area contributed by atoms with E-state index in [2.05, 4.69) is 10.7 Å². The van der Waals surface area contributed by atoms with Gasteiger partial charge in [0.25, 0.3) is 0 Å². The number of rotatable bonds is 1. The quantitative estimate of drug-likeness (QED) is 0.730. The number of hydrogen-bond acceptors (Lipinski definition) is 2. The molecule has 4 nitrogen and oxygen atoms in total. The maximum atomic E-state index is 12.0. The van der Waals surface area contributed by atoms with Gasteiger partial charge in [-0.15, -0.1) is 0 Å². The third kappa shape index (κ3) is 2.00. The van der Waals surface area contributed by atoms with E-state index in [0.717, 1.165) is 18.5 Å². The van der Waals surface area contributed by atoms with Crippen LogP contribution in [-0.4, -0.2) is 16.7 Å². The molecule has 0 aromatic heterocycles. The Morgan fingerprint density at radius 1 is 1.18 bits per heavy atom. The molecule has 0 unspecified atom stereocenters. The molecule has 1 spiro atoms. The van der Waals surface area contributed by atoms with Crippen molar-refractivity contribution in [1.29, 1.82) is 0 Å². The van der Waals surface area contributed by atoms with Crippen LogP contribution in [0.1, 0.15) is 32.1 Å². The monoisotopic (exact) mass is 231 g/mol. The van der Waals surface area contributed by atoms with Gasteiger partial charge in [-0.3, -0.25) is 0 Å². The normalized spacial score (nSPS) is 21.3. The Balaban J connectivity index is 1.61. The fraction of sp³-hybridized carbons (Fsp3) is 0.462. The molecule has 90 valence electrons. The second-order valence-corrected chi connectivity index (χ2v) is 4.84. The lowest BCUT2D eigenvalue weighted by atomic mass is 9.93. The minimum absolute atomic E-state index is 0.0306. The van der Waals surface area contributed by atoms with Gasteiger partial charge in [0.2, 0.25) is 0 Å². The molecular formula is C13H17N3O. The number of hydrazine groups is 1. The summed E-state index contributed by atoms with van der Waals surface area (Å²) in [5, 5.41) is 4.65. The highest BCUT2D eigenvalue weighted by Gasteiger charge is 2.54. The number of nitrogens with one attached hydrogen (secondary N) is 2. The van der Waals surface area contributed by atoms with Crippen molar-refractivity contribution in [1.82, 2.24) is 10.4 Å². The number of carbonyl (C=O) groups excluding carboxylic acids is 1. The van der Waals surface area contributed by atoms with Crippen LogP contribution >= 0.6 is 0 Å². The predicted octanol–water partition coefficient (Wildman–Crippen LogP) is 2.70. The number of nitrogens with zero attached hydrogens (tertiary/aromatic N) is 1. The molecule has 0 atom stereocenters. The SMILES string of the molecule is O=C(Nc1ccccc1)N1NC12CCCCC2. The zero-order chi connectivity index (χ0) is 11.7. The standard InChI is InChI=1S/C13H17N3O/c17-12(14-11-7-3-1-4-8-11)16-13(15-16)9-5-2-6-10-13/h1,3-4,7-8,15H,2,5-6,9-10H2,(H,14,17). The van der Waals surface area contributed by atoms with Gasteiger partial charge < -0.3 is 5.32 Å². The summed E-state index contributed by atoms with van der Waals surface area (Å²) in [6.45, 7) is 0. The van der Waals surface area contributed by atoms with Crippen molar-refractivity contribution in [2.45, 2.75) is 37.8 Å². The highest BCUT2D eigenvalue weighted by molar-refractivity contribution is 5.90. The van der Waals surface area contributed by atoms with E-state index in [-0.39, 0.29) is 11.7 Å². The first kappa shape index (κ1) is 10.6. The van der Waals surface area contributed by atoms with Crippen molar-refractivity contribution >= 4 is 11.7 Å². The molecule has 1 heterocycles. The van der Waals surface area contributed by atoms with Crippen LogP contribution in [0.2, 0.25) is 0 Å². The van der Waals surface area contributed by atoms with Crippen LogP contribution in [0.15, 0.2) is 30.3 Å². The number of anilines is 1. The summed E-state index contributed by atoms with van der Waals surface area (Å²) in [5.41, 5.74) is 4.04. The highest BCUT2D eigenvalue weighted by Crippen LogP contribution is 2.39. The smallest absolute Gasteiger partial charge is 0.307 e. The minimum Gasteiger partial charge on any atom is -0.307 e. The second-order valence-electron chi connectivity index (χ2n) is 4.84. The summed E-state index contributed by atoms with van der Waals surface area (Å²) in [5.74, 6) is 0. The van der Waals surface area contributed by atoms with Crippen molar-refractivity contribution < 1.29 is 4.79 Å². The second kappa shape index (κ2) is 4.04. The van der Waals surface area contributed by atoms with E-state index in [1.807, 2.05) is 30.3 Å². The van der Waals surface area contributed by atoms with Gasteiger partial charge in [0, 0.05) is 5.69 Å². The van der Waals surface area contributed by atoms with E-state index in [1.165, 1.54) is 19.3 Å². The molecule has 2 N–H and O–H groups in total. The van der Waals surface area contributed by atoms with Crippen LogP contribution in [0, 0.1) is 0 Å². The summed E-state index contributed by atoms with van der Waals surface area (Å²) in [6.07, 6.45) is 5.87. The predicted molar refractivity (Wildman–Crippen MR) is 66.3 cm³/mol. The Labute approximate surface area is 101 Å². The van der Waals surface area contributed by atoms with Crippen molar-refractivity contribution in [3.05, 3.63) is 30.3 Å². The Morgan fingerprint density at radius 3 is 2.59 bits per heavy atom. The number of para-hydroxylation sites is 1. The maximum absolute atomic E-state index is 12.0. The van der Waals surface area contributed by atoms with Crippen molar-refractivity contribution in [2.24, 2.45) is 0 Å². The van der Waals surface area contributed by atoms with Gasteiger partial charge in [-0.1, -0.05) is 24.6 Å². The molecule has 3 rings (SSSR count). The molecule has 1 saturated heterocycles. The first-order valence-electron chi connectivity index (χ1n) is 6.24. The molecule has 1 aliphatic carbocycles. The Bertz CT molecular complexity index is 412. The molecule has 1 aromatic rings. The minimum atomic E-state index is -0.0434. The van der Waals surface area contributed by atoms with E-state index in [0.29, 0.717) is 0 Å². The van der Waals surface area contributed by atoms with E-state index >= 15 is 0 Å².